The quantitative estimate of drug-likeness (QED) is 0.719. The number of nitrogens with zero attached hydrogens (tertiary/aromatic N) is 4. The average molecular weight is 336 g/mol. The highest BCUT2D eigenvalue weighted by atomic mass is 16.1. The van der Waals surface area contributed by atoms with Crippen molar-refractivity contribution >= 4 is 0 Å². The van der Waals surface area contributed by atoms with Crippen LogP contribution in [-0.2, 0) is 18.5 Å². The maximum absolute atomic E-state index is 12.8. The molecule has 0 atom stereocenters. The Morgan fingerprint density at radius 3 is 2.52 bits per heavy atom. The predicted octanol–water partition coefficient (Wildman–Crippen LogP) is 3.14. The van der Waals surface area contributed by atoms with E-state index in [4.69, 9.17) is 0 Å². The lowest BCUT2D eigenvalue weighted by atomic mass is 9.99. The third-order valence-electron chi connectivity index (χ3n) is 4.78. The molecule has 1 aromatic carbocycles. The molecule has 0 N–H and O–H groups in total. The summed E-state index contributed by atoms with van der Waals surface area (Å²) in [5.74, 6) is 0. The van der Waals surface area contributed by atoms with Gasteiger partial charge in [0.25, 0.3) is 5.56 Å². The molecule has 0 aliphatic heterocycles. The average Bonchev–Trinajstić information content (AvgIpc) is 3.07. The number of aryl methyl sites for hydroxylation is 1. The fourth-order valence-corrected chi connectivity index (χ4v) is 3.05. The van der Waals surface area contributed by atoms with Crippen LogP contribution in [0.4, 0.5) is 0 Å². The molecule has 0 aliphatic carbocycles. The van der Waals surface area contributed by atoms with Crippen molar-refractivity contribution < 1.29 is 0 Å². The van der Waals surface area contributed by atoms with E-state index in [1.807, 2.05) is 62.1 Å². The van der Waals surface area contributed by atoms with Crippen LogP contribution >= 0.6 is 0 Å². The molecule has 3 aromatic rings. The highest BCUT2D eigenvalue weighted by Gasteiger charge is 2.28. The van der Waals surface area contributed by atoms with Crippen LogP contribution in [0.5, 0.6) is 0 Å². The minimum absolute atomic E-state index is 0.0296. The standard InChI is InChI=1S/C20H24N4O/c1-5-17-11-12-24(19(25)15(17)2)20(3,4)18-14-23(22-21-18)13-16-9-7-6-8-10-16/h6-12,14H,5,13H2,1-4H3. The fraction of sp³-hybridized carbons (Fsp3) is 0.350. The lowest BCUT2D eigenvalue weighted by Crippen LogP contribution is -2.38. The topological polar surface area (TPSA) is 52.7 Å². The van der Waals surface area contributed by atoms with Crippen LogP contribution in [0.3, 0.4) is 0 Å². The molecule has 130 valence electrons. The molecular formula is C20H24N4O. The number of hydrogen-bond donors (Lipinski definition) is 0. The van der Waals surface area contributed by atoms with Gasteiger partial charge in [-0.25, -0.2) is 4.68 Å². The van der Waals surface area contributed by atoms with Gasteiger partial charge in [-0.05, 0) is 44.4 Å². The van der Waals surface area contributed by atoms with Crippen LogP contribution in [0.15, 0.2) is 53.6 Å². The molecule has 2 heterocycles. The summed E-state index contributed by atoms with van der Waals surface area (Å²) in [6.07, 6.45) is 4.64. The first-order valence-electron chi connectivity index (χ1n) is 8.59. The highest BCUT2D eigenvalue weighted by Crippen LogP contribution is 2.22. The number of rotatable bonds is 5. The van der Waals surface area contributed by atoms with Gasteiger partial charge in [-0.2, -0.15) is 0 Å². The zero-order chi connectivity index (χ0) is 18.0. The van der Waals surface area contributed by atoms with Gasteiger partial charge < -0.3 is 4.57 Å². The minimum atomic E-state index is -0.566. The lowest BCUT2D eigenvalue weighted by molar-refractivity contribution is 0.407. The molecule has 0 fully saturated rings. The molecule has 0 unspecified atom stereocenters. The van der Waals surface area contributed by atoms with Crippen molar-refractivity contribution in [2.24, 2.45) is 0 Å². The SMILES string of the molecule is CCc1ccn(C(C)(C)c2cn(Cc3ccccc3)nn2)c(=O)c1C. The fourth-order valence-electron chi connectivity index (χ4n) is 3.05. The van der Waals surface area contributed by atoms with Crippen LogP contribution in [-0.4, -0.2) is 19.6 Å². The molecule has 5 heteroatoms. The maximum atomic E-state index is 12.8. The maximum Gasteiger partial charge on any atom is 0.254 e. The first-order valence-corrected chi connectivity index (χ1v) is 8.59. The summed E-state index contributed by atoms with van der Waals surface area (Å²) in [5.41, 5.74) is 3.29. The molecule has 0 spiro atoms. The van der Waals surface area contributed by atoms with Gasteiger partial charge in [-0.3, -0.25) is 4.79 Å². The Morgan fingerprint density at radius 2 is 1.84 bits per heavy atom. The molecule has 0 bridgehead atoms. The molecule has 0 saturated carbocycles. The van der Waals surface area contributed by atoms with E-state index in [1.54, 1.807) is 4.57 Å². The molecular weight excluding hydrogens is 312 g/mol. The number of hydrogen-bond acceptors (Lipinski definition) is 3. The Hall–Kier alpha value is -2.69. The van der Waals surface area contributed by atoms with Gasteiger partial charge in [-0.15, -0.1) is 5.10 Å². The van der Waals surface area contributed by atoms with Crippen LogP contribution in [0, 0.1) is 6.92 Å². The van der Waals surface area contributed by atoms with Crippen LogP contribution in [0.1, 0.15) is 43.2 Å². The Labute approximate surface area is 147 Å². The van der Waals surface area contributed by atoms with Gasteiger partial charge in [0.05, 0.1) is 18.3 Å². The van der Waals surface area contributed by atoms with E-state index in [1.165, 1.54) is 0 Å². The minimum Gasteiger partial charge on any atom is -0.304 e. The molecule has 5 nitrogen and oxygen atoms in total. The van der Waals surface area contributed by atoms with Crippen molar-refractivity contribution in [3.05, 3.63) is 81.5 Å². The van der Waals surface area contributed by atoms with Crippen molar-refractivity contribution in [3.8, 4) is 0 Å². The molecule has 2 aromatic heterocycles. The van der Waals surface area contributed by atoms with Gasteiger partial charge in [0, 0.05) is 11.8 Å². The molecule has 3 rings (SSSR count). The van der Waals surface area contributed by atoms with Crippen molar-refractivity contribution in [1.29, 1.82) is 0 Å². The number of benzene rings is 1. The zero-order valence-corrected chi connectivity index (χ0v) is 15.2. The summed E-state index contributed by atoms with van der Waals surface area (Å²) in [6, 6.07) is 12.2. The zero-order valence-electron chi connectivity index (χ0n) is 15.2. The van der Waals surface area contributed by atoms with E-state index in [2.05, 4.69) is 29.4 Å². The summed E-state index contributed by atoms with van der Waals surface area (Å²) >= 11 is 0. The first kappa shape index (κ1) is 17.1. The van der Waals surface area contributed by atoms with E-state index >= 15 is 0 Å². The van der Waals surface area contributed by atoms with E-state index in [0.29, 0.717) is 6.54 Å². The van der Waals surface area contributed by atoms with Gasteiger partial charge in [0.1, 0.15) is 5.69 Å². The highest BCUT2D eigenvalue weighted by molar-refractivity contribution is 5.25. The van der Waals surface area contributed by atoms with E-state index in [0.717, 1.165) is 28.8 Å². The number of pyridine rings is 1. The Morgan fingerprint density at radius 1 is 1.12 bits per heavy atom. The largest absolute Gasteiger partial charge is 0.304 e. The molecule has 0 aliphatic rings. The second kappa shape index (κ2) is 6.67. The normalized spacial score (nSPS) is 11.7. The summed E-state index contributed by atoms with van der Waals surface area (Å²) in [5, 5.41) is 8.57. The summed E-state index contributed by atoms with van der Waals surface area (Å²) < 4.78 is 3.56. The van der Waals surface area contributed by atoms with Gasteiger partial charge in [0.2, 0.25) is 0 Å². The van der Waals surface area contributed by atoms with Crippen molar-refractivity contribution in [1.82, 2.24) is 19.6 Å². The molecule has 25 heavy (non-hydrogen) atoms. The van der Waals surface area contributed by atoms with Crippen LogP contribution in [0.2, 0.25) is 0 Å². The van der Waals surface area contributed by atoms with Crippen molar-refractivity contribution in [3.63, 3.8) is 0 Å². The summed E-state index contributed by atoms with van der Waals surface area (Å²) in [7, 11) is 0. The monoisotopic (exact) mass is 336 g/mol. The van der Waals surface area contributed by atoms with E-state index < -0.39 is 5.54 Å². The van der Waals surface area contributed by atoms with Crippen molar-refractivity contribution in [2.45, 2.75) is 46.2 Å². The summed E-state index contributed by atoms with van der Waals surface area (Å²) in [6.45, 7) is 8.60. The van der Waals surface area contributed by atoms with E-state index in [-0.39, 0.29) is 5.56 Å². The van der Waals surface area contributed by atoms with Crippen molar-refractivity contribution in [2.75, 3.05) is 0 Å². The van der Waals surface area contributed by atoms with Crippen LogP contribution in [0.25, 0.3) is 0 Å². The molecule has 0 amide bonds. The number of aromatic nitrogens is 4. The Balaban J connectivity index is 1.93. The first-order chi connectivity index (χ1) is 11.9. The van der Waals surface area contributed by atoms with Gasteiger partial charge in [0.15, 0.2) is 0 Å². The molecule has 0 saturated heterocycles. The lowest BCUT2D eigenvalue weighted by Gasteiger charge is -2.26. The third-order valence-corrected chi connectivity index (χ3v) is 4.78. The Bertz CT molecular complexity index is 922. The predicted molar refractivity (Wildman–Crippen MR) is 98.8 cm³/mol. The second-order valence-electron chi connectivity index (χ2n) is 6.84. The Kier molecular flexibility index (Phi) is 4.57. The van der Waals surface area contributed by atoms with Gasteiger partial charge in [-0.1, -0.05) is 42.5 Å². The second-order valence-corrected chi connectivity index (χ2v) is 6.84. The smallest absolute Gasteiger partial charge is 0.254 e. The van der Waals surface area contributed by atoms with Gasteiger partial charge >= 0.3 is 0 Å². The van der Waals surface area contributed by atoms with Crippen LogP contribution < -0.4 is 5.56 Å². The molecule has 0 radical (unpaired) electrons. The summed E-state index contributed by atoms with van der Waals surface area (Å²) in [4.78, 5) is 12.8. The van der Waals surface area contributed by atoms with E-state index in [9.17, 15) is 4.79 Å². The third kappa shape index (κ3) is 3.27.